The van der Waals surface area contributed by atoms with E-state index in [-0.39, 0.29) is 17.0 Å². The van der Waals surface area contributed by atoms with Gasteiger partial charge in [-0.15, -0.1) is 0 Å². The number of Topliss-reactive ketones (excluding diaryl/α,β-unsaturated/α-hetero) is 1. The molecule has 1 aliphatic rings. The van der Waals surface area contributed by atoms with Gasteiger partial charge in [-0.05, 0) is 59.9 Å². The van der Waals surface area contributed by atoms with Gasteiger partial charge in [-0.1, -0.05) is 41.9 Å². The van der Waals surface area contributed by atoms with Crippen molar-refractivity contribution in [2.24, 2.45) is 5.41 Å². The highest BCUT2D eigenvalue weighted by molar-refractivity contribution is 9.10. The molecule has 0 unspecified atom stereocenters. The van der Waals surface area contributed by atoms with Crippen molar-refractivity contribution in [3.05, 3.63) is 76.1 Å². The van der Waals surface area contributed by atoms with Gasteiger partial charge < -0.3 is 4.57 Å². The van der Waals surface area contributed by atoms with Crippen LogP contribution in [-0.4, -0.2) is 10.4 Å². The maximum atomic E-state index is 13.5. The lowest BCUT2D eigenvalue weighted by Crippen LogP contribution is -2.27. The van der Waals surface area contributed by atoms with Crippen LogP contribution in [0.15, 0.2) is 59.1 Å². The smallest absolute Gasteiger partial charge is 0.165 e. The second-order valence-electron chi connectivity index (χ2n) is 7.65. The van der Waals surface area contributed by atoms with Gasteiger partial charge >= 0.3 is 0 Å². The molecule has 0 fully saturated rings. The summed E-state index contributed by atoms with van der Waals surface area (Å²) in [5, 5.41) is 0. The maximum Gasteiger partial charge on any atom is 0.165 e. The van der Waals surface area contributed by atoms with Gasteiger partial charge in [0.1, 0.15) is 5.82 Å². The molecule has 0 N–H and O–H groups in total. The van der Waals surface area contributed by atoms with Crippen molar-refractivity contribution in [1.82, 2.24) is 4.57 Å². The zero-order valence-electron chi connectivity index (χ0n) is 14.7. The Kier molecular flexibility index (Phi) is 4.11. The van der Waals surface area contributed by atoms with Crippen molar-refractivity contribution in [2.75, 3.05) is 0 Å². The molecule has 4 rings (SSSR count). The van der Waals surface area contributed by atoms with E-state index in [9.17, 15) is 9.18 Å². The third-order valence-electron chi connectivity index (χ3n) is 4.91. The van der Waals surface area contributed by atoms with Gasteiger partial charge in [-0.2, -0.15) is 0 Å². The van der Waals surface area contributed by atoms with E-state index in [0.29, 0.717) is 6.42 Å². The zero-order valence-corrected chi connectivity index (χ0v) is 16.3. The Morgan fingerprint density at radius 1 is 1.00 bits per heavy atom. The Morgan fingerprint density at radius 3 is 2.31 bits per heavy atom. The number of hydrogen-bond donors (Lipinski definition) is 0. The minimum Gasteiger partial charge on any atom is -0.313 e. The summed E-state index contributed by atoms with van der Waals surface area (Å²) in [5.74, 6) is -0.0909. The molecular weight excluding hydrogens is 393 g/mol. The van der Waals surface area contributed by atoms with Gasteiger partial charge in [0.2, 0.25) is 0 Å². The molecule has 1 aliphatic carbocycles. The first-order chi connectivity index (χ1) is 12.3. The first-order valence-corrected chi connectivity index (χ1v) is 9.43. The molecule has 2 aromatic carbocycles. The van der Waals surface area contributed by atoms with E-state index in [1.165, 1.54) is 12.1 Å². The zero-order chi connectivity index (χ0) is 18.5. The molecule has 0 amide bonds. The van der Waals surface area contributed by atoms with Crippen molar-refractivity contribution in [1.29, 1.82) is 0 Å². The van der Waals surface area contributed by atoms with Crippen molar-refractivity contribution < 1.29 is 9.18 Å². The Labute approximate surface area is 160 Å². The van der Waals surface area contributed by atoms with Crippen LogP contribution in [0.25, 0.3) is 16.9 Å². The first-order valence-electron chi connectivity index (χ1n) is 8.64. The largest absolute Gasteiger partial charge is 0.313 e. The molecule has 132 valence electrons. The summed E-state index contributed by atoms with van der Waals surface area (Å²) in [7, 11) is 0. The van der Waals surface area contributed by atoms with E-state index >= 15 is 0 Å². The van der Waals surface area contributed by atoms with Crippen LogP contribution in [0, 0.1) is 11.2 Å². The lowest BCUT2D eigenvalue weighted by atomic mass is 9.76. The highest BCUT2D eigenvalue weighted by atomic mass is 79.9. The summed E-state index contributed by atoms with van der Waals surface area (Å²) in [4.78, 5) is 12.8. The summed E-state index contributed by atoms with van der Waals surface area (Å²) in [5.41, 5.74) is 4.56. The van der Waals surface area contributed by atoms with Crippen LogP contribution >= 0.6 is 15.9 Å². The van der Waals surface area contributed by atoms with Gasteiger partial charge in [0.25, 0.3) is 0 Å². The average Bonchev–Trinajstić information content (AvgIpc) is 2.94. The standard InChI is InChI=1S/C22H19BrFNO/c1-22(2)12-20-18(21(26)13-22)11-19(14-3-5-15(23)6-4-14)25(20)17-9-7-16(24)8-10-17/h3-11H,12-13H2,1-2H3. The number of carbonyl (C=O) groups is 1. The van der Waals surface area contributed by atoms with Gasteiger partial charge in [-0.25, -0.2) is 4.39 Å². The molecule has 0 saturated carbocycles. The Morgan fingerprint density at radius 2 is 1.65 bits per heavy atom. The van der Waals surface area contributed by atoms with Crippen molar-refractivity contribution >= 4 is 21.7 Å². The van der Waals surface area contributed by atoms with E-state index in [0.717, 1.165) is 39.1 Å². The van der Waals surface area contributed by atoms with Gasteiger partial charge in [-0.3, -0.25) is 4.79 Å². The quantitative estimate of drug-likeness (QED) is 0.491. The highest BCUT2D eigenvalue weighted by Gasteiger charge is 2.34. The fraction of sp³-hybridized carbons (Fsp3) is 0.227. The van der Waals surface area contributed by atoms with E-state index in [4.69, 9.17) is 0 Å². The van der Waals surface area contributed by atoms with Gasteiger partial charge in [0.05, 0.1) is 5.69 Å². The third kappa shape index (κ3) is 3.03. The predicted octanol–water partition coefficient (Wildman–Crippen LogP) is 6.20. The van der Waals surface area contributed by atoms with Crippen LogP contribution in [0.3, 0.4) is 0 Å². The van der Waals surface area contributed by atoms with Crippen LogP contribution in [0.5, 0.6) is 0 Å². The molecular formula is C22H19BrFNO. The third-order valence-corrected chi connectivity index (χ3v) is 5.44. The number of hydrogen-bond acceptors (Lipinski definition) is 1. The molecule has 2 nitrogen and oxygen atoms in total. The topological polar surface area (TPSA) is 22.0 Å². The Hall–Kier alpha value is -2.20. The predicted molar refractivity (Wildman–Crippen MR) is 105 cm³/mol. The fourth-order valence-electron chi connectivity index (χ4n) is 3.73. The molecule has 1 aromatic heterocycles. The van der Waals surface area contributed by atoms with Crippen molar-refractivity contribution in [3.63, 3.8) is 0 Å². The monoisotopic (exact) mass is 411 g/mol. The molecule has 0 atom stereocenters. The molecule has 0 saturated heterocycles. The maximum absolute atomic E-state index is 13.5. The number of ketones is 1. The molecule has 0 spiro atoms. The molecule has 0 aliphatic heterocycles. The van der Waals surface area contributed by atoms with Crippen LogP contribution in [0.1, 0.15) is 36.3 Å². The first kappa shape index (κ1) is 17.2. The van der Waals surface area contributed by atoms with E-state index in [2.05, 4.69) is 34.3 Å². The van der Waals surface area contributed by atoms with E-state index < -0.39 is 0 Å². The number of halogens is 2. The summed E-state index contributed by atoms with van der Waals surface area (Å²) < 4.78 is 16.6. The van der Waals surface area contributed by atoms with Crippen LogP contribution in [-0.2, 0) is 6.42 Å². The number of rotatable bonds is 2. The normalized spacial score (nSPS) is 15.8. The fourth-order valence-corrected chi connectivity index (χ4v) is 3.99. The summed E-state index contributed by atoms with van der Waals surface area (Å²) in [6, 6.07) is 16.5. The molecule has 4 heteroatoms. The molecule has 0 bridgehead atoms. The van der Waals surface area contributed by atoms with E-state index in [1.54, 1.807) is 12.1 Å². The average molecular weight is 412 g/mol. The van der Waals surface area contributed by atoms with Crippen LogP contribution < -0.4 is 0 Å². The van der Waals surface area contributed by atoms with E-state index in [1.807, 2.05) is 30.3 Å². The molecule has 0 radical (unpaired) electrons. The number of carbonyl (C=O) groups excluding carboxylic acids is 1. The van der Waals surface area contributed by atoms with Gasteiger partial charge in [0.15, 0.2) is 5.78 Å². The second kappa shape index (κ2) is 6.20. The molecule has 3 aromatic rings. The van der Waals surface area contributed by atoms with Crippen molar-refractivity contribution in [2.45, 2.75) is 26.7 Å². The lowest BCUT2D eigenvalue weighted by Gasteiger charge is -2.30. The van der Waals surface area contributed by atoms with Crippen LogP contribution in [0.2, 0.25) is 0 Å². The van der Waals surface area contributed by atoms with Crippen LogP contribution in [0.4, 0.5) is 4.39 Å². The number of aromatic nitrogens is 1. The minimum atomic E-state index is -0.267. The van der Waals surface area contributed by atoms with Gasteiger partial charge in [0, 0.05) is 27.8 Å². The highest BCUT2D eigenvalue weighted by Crippen LogP contribution is 2.40. The Balaban J connectivity index is 1.98. The summed E-state index contributed by atoms with van der Waals surface area (Å²) in [6.07, 6.45) is 1.36. The summed E-state index contributed by atoms with van der Waals surface area (Å²) in [6.45, 7) is 4.24. The van der Waals surface area contributed by atoms with Crippen molar-refractivity contribution in [3.8, 4) is 16.9 Å². The number of fused-ring (bicyclic) bond motifs is 1. The molecule has 26 heavy (non-hydrogen) atoms. The SMILES string of the molecule is CC1(C)CC(=O)c2cc(-c3ccc(Br)cc3)n(-c3ccc(F)cc3)c2C1. The molecule has 1 heterocycles. The number of nitrogens with zero attached hydrogens (tertiary/aromatic N) is 1. The lowest BCUT2D eigenvalue weighted by molar-refractivity contribution is 0.0911. The minimum absolute atomic E-state index is 0.0861. The Bertz CT molecular complexity index is 984. The number of benzene rings is 2. The second-order valence-corrected chi connectivity index (χ2v) is 8.57. The summed E-state index contributed by atoms with van der Waals surface area (Å²) >= 11 is 3.47.